The van der Waals surface area contributed by atoms with Crippen molar-refractivity contribution in [3.05, 3.63) is 52.9 Å². The van der Waals surface area contributed by atoms with Crippen LogP contribution in [0, 0.1) is 13.8 Å². The smallest absolute Gasteiger partial charge is 0.244 e. The van der Waals surface area contributed by atoms with Gasteiger partial charge in [-0.3, -0.25) is 9.48 Å². The number of amides is 1. The highest BCUT2D eigenvalue weighted by Crippen LogP contribution is 2.13. The van der Waals surface area contributed by atoms with Gasteiger partial charge in [-0.1, -0.05) is 12.1 Å². The van der Waals surface area contributed by atoms with Crippen LogP contribution in [0.2, 0.25) is 0 Å². The van der Waals surface area contributed by atoms with Gasteiger partial charge < -0.3 is 5.32 Å². The van der Waals surface area contributed by atoms with E-state index in [4.69, 9.17) is 0 Å². The predicted molar refractivity (Wildman–Crippen MR) is 101 cm³/mol. The highest BCUT2D eigenvalue weighted by Gasteiger charge is 2.11. The summed E-state index contributed by atoms with van der Waals surface area (Å²) in [6.07, 6.45) is 3.07. The van der Waals surface area contributed by atoms with E-state index in [2.05, 4.69) is 15.1 Å². The number of nitrogens with zero attached hydrogens (tertiary/aromatic N) is 2. The molecule has 0 fully saturated rings. The normalized spacial score (nSPS) is 11.8. The molecule has 0 aliphatic rings. The zero-order valence-electron chi connectivity index (χ0n) is 15.4. The molecule has 7 nitrogen and oxygen atoms in total. The van der Waals surface area contributed by atoms with Gasteiger partial charge in [0.2, 0.25) is 15.9 Å². The molecule has 1 amide bonds. The van der Waals surface area contributed by atoms with Crippen LogP contribution < -0.4 is 10.0 Å². The Hall–Kier alpha value is -2.45. The van der Waals surface area contributed by atoms with Crippen LogP contribution in [-0.4, -0.2) is 31.2 Å². The number of hydrogen-bond donors (Lipinski definition) is 2. The molecule has 26 heavy (non-hydrogen) atoms. The Morgan fingerprint density at radius 2 is 1.88 bits per heavy atom. The molecule has 1 heterocycles. The van der Waals surface area contributed by atoms with Crippen molar-refractivity contribution in [3.63, 3.8) is 0 Å². The Balaban J connectivity index is 1.99. The second-order valence-corrected chi connectivity index (χ2v) is 7.68. The maximum absolute atomic E-state index is 12.0. The van der Waals surface area contributed by atoms with Gasteiger partial charge in [0.1, 0.15) is 0 Å². The maximum Gasteiger partial charge on any atom is 0.244 e. The number of carbonyl (C=O) groups excluding carboxylic acids is 1. The lowest BCUT2D eigenvalue weighted by molar-refractivity contribution is -0.116. The van der Waals surface area contributed by atoms with Crippen molar-refractivity contribution in [2.45, 2.75) is 38.8 Å². The highest BCUT2D eigenvalue weighted by molar-refractivity contribution is 7.89. The molecule has 1 aromatic carbocycles. The SMILES string of the molecule is CCn1nc(C)c(CNC(=O)C=Cc2ccc(S(=O)(=O)NC)cc2)c1C. The summed E-state index contributed by atoms with van der Waals surface area (Å²) in [6, 6.07) is 6.28. The number of hydrogen-bond acceptors (Lipinski definition) is 4. The first kappa shape index (κ1) is 19.9. The molecule has 0 bridgehead atoms. The number of aryl methyl sites for hydroxylation is 2. The topological polar surface area (TPSA) is 93.1 Å². The van der Waals surface area contributed by atoms with Gasteiger partial charge in [0, 0.05) is 30.4 Å². The van der Waals surface area contributed by atoms with Gasteiger partial charge in [-0.2, -0.15) is 5.10 Å². The summed E-state index contributed by atoms with van der Waals surface area (Å²) >= 11 is 0. The fourth-order valence-electron chi connectivity index (χ4n) is 2.58. The molecule has 2 N–H and O–H groups in total. The van der Waals surface area contributed by atoms with Crippen molar-refractivity contribution in [2.24, 2.45) is 0 Å². The van der Waals surface area contributed by atoms with Gasteiger partial charge in [-0.15, -0.1) is 0 Å². The van der Waals surface area contributed by atoms with Crippen molar-refractivity contribution >= 4 is 22.0 Å². The van der Waals surface area contributed by atoms with E-state index in [0.717, 1.165) is 29.1 Å². The molecule has 0 spiro atoms. The Bertz CT molecular complexity index is 913. The zero-order valence-corrected chi connectivity index (χ0v) is 16.2. The van der Waals surface area contributed by atoms with E-state index in [-0.39, 0.29) is 10.8 Å². The van der Waals surface area contributed by atoms with E-state index in [1.807, 2.05) is 25.5 Å². The minimum atomic E-state index is -3.46. The number of rotatable bonds is 7. The molecule has 2 aromatic rings. The average Bonchev–Trinajstić information content (AvgIpc) is 2.91. The van der Waals surface area contributed by atoms with Gasteiger partial charge in [-0.25, -0.2) is 13.1 Å². The number of nitrogens with one attached hydrogen (secondary N) is 2. The van der Waals surface area contributed by atoms with Crippen LogP contribution >= 0.6 is 0 Å². The zero-order chi connectivity index (χ0) is 19.3. The lowest BCUT2D eigenvalue weighted by Crippen LogP contribution is -2.21. The van der Waals surface area contributed by atoms with E-state index >= 15 is 0 Å². The Morgan fingerprint density at radius 1 is 1.23 bits per heavy atom. The second-order valence-electron chi connectivity index (χ2n) is 5.79. The molecule has 0 saturated carbocycles. The quantitative estimate of drug-likeness (QED) is 0.720. The van der Waals surface area contributed by atoms with Gasteiger partial charge in [0.25, 0.3) is 0 Å². The molecular formula is C18H24N4O3S. The third-order valence-electron chi connectivity index (χ3n) is 4.16. The molecule has 0 aliphatic heterocycles. The summed E-state index contributed by atoms with van der Waals surface area (Å²) in [4.78, 5) is 12.2. The van der Waals surface area contributed by atoms with Crippen LogP contribution in [0.1, 0.15) is 29.4 Å². The van der Waals surface area contributed by atoms with E-state index in [0.29, 0.717) is 6.54 Å². The lowest BCUT2D eigenvalue weighted by atomic mass is 10.2. The molecule has 2 rings (SSSR count). The first-order valence-electron chi connectivity index (χ1n) is 8.31. The number of aromatic nitrogens is 2. The summed E-state index contributed by atoms with van der Waals surface area (Å²) in [5.74, 6) is -0.222. The molecule has 0 saturated heterocycles. The molecule has 0 unspecified atom stereocenters. The number of sulfonamides is 1. The van der Waals surface area contributed by atoms with Crippen LogP contribution in [-0.2, 0) is 27.9 Å². The van der Waals surface area contributed by atoms with E-state index < -0.39 is 10.0 Å². The highest BCUT2D eigenvalue weighted by atomic mass is 32.2. The van der Waals surface area contributed by atoms with Gasteiger partial charge in [0.05, 0.1) is 10.6 Å². The van der Waals surface area contributed by atoms with Crippen LogP contribution in [0.15, 0.2) is 35.2 Å². The third-order valence-corrected chi connectivity index (χ3v) is 5.59. The summed E-state index contributed by atoms with van der Waals surface area (Å²) in [6.45, 7) is 7.15. The maximum atomic E-state index is 12.0. The molecule has 0 radical (unpaired) electrons. The van der Waals surface area contributed by atoms with Crippen molar-refractivity contribution in [3.8, 4) is 0 Å². The second kappa shape index (κ2) is 8.29. The van der Waals surface area contributed by atoms with Gasteiger partial charge in [-0.05, 0) is 51.6 Å². The first-order chi connectivity index (χ1) is 12.3. The fourth-order valence-corrected chi connectivity index (χ4v) is 3.31. The van der Waals surface area contributed by atoms with E-state index in [1.165, 1.54) is 25.3 Å². The van der Waals surface area contributed by atoms with E-state index in [9.17, 15) is 13.2 Å². The summed E-state index contributed by atoms with van der Waals surface area (Å²) < 4.78 is 27.5. The lowest BCUT2D eigenvalue weighted by Gasteiger charge is -2.04. The molecule has 8 heteroatoms. The first-order valence-corrected chi connectivity index (χ1v) is 9.79. The van der Waals surface area contributed by atoms with Crippen LogP contribution in [0.25, 0.3) is 6.08 Å². The summed E-state index contributed by atoms with van der Waals surface area (Å²) in [7, 11) is -2.09. The molecular weight excluding hydrogens is 352 g/mol. The standard InChI is InChI=1S/C18H24N4O3S/c1-5-22-14(3)17(13(2)21-22)12-20-18(23)11-8-15-6-9-16(10-7-15)26(24,25)19-4/h6-11,19H,5,12H2,1-4H3,(H,20,23). The molecule has 0 atom stereocenters. The van der Waals surface area contributed by atoms with Crippen molar-refractivity contribution in [1.82, 2.24) is 19.8 Å². The third kappa shape index (κ3) is 4.59. The summed E-state index contributed by atoms with van der Waals surface area (Å²) in [5.41, 5.74) is 3.72. The molecule has 0 aliphatic carbocycles. The number of benzene rings is 1. The van der Waals surface area contributed by atoms with Crippen molar-refractivity contribution in [2.75, 3.05) is 7.05 Å². The summed E-state index contributed by atoms with van der Waals surface area (Å²) in [5, 5.41) is 7.28. The van der Waals surface area contributed by atoms with Gasteiger partial charge >= 0.3 is 0 Å². The minimum Gasteiger partial charge on any atom is -0.348 e. The largest absolute Gasteiger partial charge is 0.348 e. The minimum absolute atomic E-state index is 0.181. The predicted octanol–water partition coefficient (Wildman–Crippen LogP) is 1.76. The molecule has 140 valence electrons. The fraction of sp³-hybridized carbons (Fsp3) is 0.333. The molecule has 1 aromatic heterocycles. The number of carbonyl (C=O) groups is 1. The van der Waals surface area contributed by atoms with Crippen LogP contribution in [0.4, 0.5) is 0 Å². The Morgan fingerprint density at radius 3 is 2.42 bits per heavy atom. The van der Waals surface area contributed by atoms with Crippen molar-refractivity contribution in [1.29, 1.82) is 0 Å². The monoisotopic (exact) mass is 376 g/mol. The van der Waals surface area contributed by atoms with E-state index in [1.54, 1.807) is 18.2 Å². The Kier molecular flexibility index (Phi) is 6.33. The van der Waals surface area contributed by atoms with Crippen LogP contribution in [0.5, 0.6) is 0 Å². The van der Waals surface area contributed by atoms with Crippen LogP contribution in [0.3, 0.4) is 0 Å². The van der Waals surface area contributed by atoms with Gasteiger partial charge in [0.15, 0.2) is 0 Å². The van der Waals surface area contributed by atoms with Crippen molar-refractivity contribution < 1.29 is 13.2 Å². The average molecular weight is 376 g/mol. The Labute approximate surface area is 154 Å².